The van der Waals surface area contributed by atoms with Crippen LogP contribution >= 0.6 is 0 Å². The van der Waals surface area contributed by atoms with Gasteiger partial charge in [0.25, 0.3) is 0 Å². The van der Waals surface area contributed by atoms with Gasteiger partial charge in [0.15, 0.2) is 0 Å². The highest BCUT2D eigenvalue weighted by Crippen LogP contribution is 2.36. The first-order valence-electron chi connectivity index (χ1n) is 7.78. The highest BCUT2D eigenvalue weighted by molar-refractivity contribution is 7.89. The van der Waals surface area contributed by atoms with Gasteiger partial charge >= 0.3 is 0 Å². The second-order valence-corrected chi connectivity index (χ2v) is 7.86. The highest BCUT2D eigenvalue weighted by atomic mass is 32.2. The van der Waals surface area contributed by atoms with Crippen molar-refractivity contribution in [2.24, 2.45) is 5.73 Å². The Kier molecular flexibility index (Phi) is 5.41. The van der Waals surface area contributed by atoms with Crippen LogP contribution in [0.15, 0.2) is 30.3 Å². The number of nitrogens with zero attached hydrogens (tertiary/aromatic N) is 1. The normalized spacial score (nSPS) is 18.2. The molecule has 1 aliphatic carbocycles. The van der Waals surface area contributed by atoms with E-state index in [2.05, 4.69) is 0 Å². The van der Waals surface area contributed by atoms with Crippen molar-refractivity contribution in [1.82, 2.24) is 4.31 Å². The van der Waals surface area contributed by atoms with E-state index < -0.39 is 10.0 Å². The van der Waals surface area contributed by atoms with Crippen molar-refractivity contribution in [1.29, 1.82) is 0 Å². The number of nitrogens with two attached hydrogens (primary N) is 1. The van der Waals surface area contributed by atoms with Crippen LogP contribution in [0.1, 0.15) is 38.2 Å². The van der Waals surface area contributed by atoms with E-state index in [0.29, 0.717) is 19.5 Å². The Balaban J connectivity index is 2.12. The van der Waals surface area contributed by atoms with Gasteiger partial charge in [-0.05, 0) is 24.8 Å². The third kappa shape index (κ3) is 3.65. The Morgan fingerprint density at radius 2 is 1.81 bits per heavy atom. The summed E-state index contributed by atoms with van der Waals surface area (Å²) in [5, 5.41) is 0. The molecule has 118 valence electrons. The third-order valence-electron chi connectivity index (χ3n) is 4.56. The lowest BCUT2D eigenvalue weighted by Crippen LogP contribution is -2.55. The van der Waals surface area contributed by atoms with Crippen LogP contribution in [0.3, 0.4) is 0 Å². The Morgan fingerprint density at radius 3 is 2.33 bits per heavy atom. The standard InChI is InChI=1S/C16H26N2O2S/c1-2-18(16(14-17)11-6-7-12-16)21(19,20)13-10-15-8-4-3-5-9-15/h3-5,8-9H,2,6-7,10-14,17H2,1H3. The summed E-state index contributed by atoms with van der Waals surface area (Å²) in [6.45, 7) is 2.84. The van der Waals surface area contributed by atoms with Crippen LogP contribution in [0.4, 0.5) is 0 Å². The molecule has 2 rings (SSSR count). The average Bonchev–Trinajstić information content (AvgIpc) is 2.97. The molecule has 1 aromatic carbocycles. The summed E-state index contributed by atoms with van der Waals surface area (Å²) >= 11 is 0. The van der Waals surface area contributed by atoms with Gasteiger partial charge in [-0.25, -0.2) is 8.42 Å². The number of likely N-dealkylation sites (N-methyl/N-ethyl adjacent to an activating group) is 1. The first-order valence-corrected chi connectivity index (χ1v) is 9.39. The van der Waals surface area contributed by atoms with Crippen LogP contribution in [0.25, 0.3) is 0 Å². The quantitative estimate of drug-likeness (QED) is 0.839. The van der Waals surface area contributed by atoms with Crippen molar-refractivity contribution >= 4 is 10.0 Å². The van der Waals surface area contributed by atoms with E-state index in [9.17, 15) is 8.42 Å². The lowest BCUT2D eigenvalue weighted by Gasteiger charge is -2.39. The minimum Gasteiger partial charge on any atom is -0.329 e. The highest BCUT2D eigenvalue weighted by Gasteiger charge is 2.43. The van der Waals surface area contributed by atoms with Gasteiger partial charge in [-0.2, -0.15) is 4.31 Å². The molecule has 1 saturated carbocycles. The number of aryl methyl sites for hydroxylation is 1. The van der Waals surface area contributed by atoms with E-state index in [0.717, 1.165) is 31.2 Å². The molecular weight excluding hydrogens is 284 g/mol. The van der Waals surface area contributed by atoms with E-state index in [1.165, 1.54) is 0 Å². The van der Waals surface area contributed by atoms with Crippen molar-refractivity contribution in [3.8, 4) is 0 Å². The molecule has 0 saturated heterocycles. The number of sulfonamides is 1. The molecule has 0 unspecified atom stereocenters. The average molecular weight is 310 g/mol. The molecule has 0 heterocycles. The molecule has 2 N–H and O–H groups in total. The van der Waals surface area contributed by atoms with Gasteiger partial charge in [0, 0.05) is 18.6 Å². The van der Waals surface area contributed by atoms with Gasteiger partial charge in [-0.1, -0.05) is 50.1 Å². The Labute approximate surface area is 128 Å². The molecule has 5 heteroatoms. The molecule has 0 amide bonds. The molecule has 0 aromatic heterocycles. The minimum absolute atomic E-state index is 0.159. The van der Waals surface area contributed by atoms with Crippen molar-refractivity contribution in [3.05, 3.63) is 35.9 Å². The Morgan fingerprint density at radius 1 is 1.19 bits per heavy atom. The molecule has 4 nitrogen and oxygen atoms in total. The number of hydrogen-bond acceptors (Lipinski definition) is 3. The zero-order valence-electron chi connectivity index (χ0n) is 12.8. The predicted octanol–water partition coefficient (Wildman–Crippen LogP) is 2.15. The maximum absolute atomic E-state index is 12.8. The molecule has 0 aliphatic heterocycles. The third-order valence-corrected chi connectivity index (χ3v) is 6.59. The summed E-state index contributed by atoms with van der Waals surface area (Å²) in [4.78, 5) is 0. The largest absolute Gasteiger partial charge is 0.329 e. The molecule has 1 aliphatic rings. The van der Waals surface area contributed by atoms with Gasteiger partial charge in [0.1, 0.15) is 0 Å². The van der Waals surface area contributed by atoms with Gasteiger partial charge in [0.05, 0.1) is 5.75 Å². The first kappa shape index (κ1) is 16.5. The van der Waals surface area contributed by atoms with Gasteiger partial charge < -0.3 is 5.73 Å². The summed E-state index contributed by atoms with van der Waals surface area (Å²) in [6, 6.07) is 9.77. The second-order valence-electron chi connectivity index (χ2n) is 5.85. The summed E-state index contributed by atoms with van der Waals surface area (Å²) < 4.78 is 27.2. The number of benzene rings is 1. The van der Waals surface area contributed by atoms with Crippen LogP contribution in [0, 0.1) is 0 Å². The topological polar surface area (TPSA) is 63.4 Å². The monoisotopic (exact) mass is 310 g/mol. The van der Waals surface area contributed by atoms with E-state index in [-0.39, 0.29) is 11.3 Å². The fourth-order valence-electron chi connectivity index (χ4n) is 3.42. The molecule has 0 atom stereocenters. The van der Waals surface area contributed by atoms with E-state index in [4.69, 9.17) is 5.73 Å². The number of hydrogen-bond donors (Lipinski definition) is 1. The minimum atomic E-state index is -3.27. The molecular formula is C16H26N2O2S. The van der Waals surface area contributed by atoms with Gasteiger partial charge in [0.2, 0.25) is 10.0 Å². The van der Waals surface area contributed by atoms with Crippen LogP contribution in [0.5, 0.6) is 0 Å². The molecule has 21 heavy (non-hydrogen) atoms. The summed E-state index contributed by atoms with van der Waals surface area (Å²) in [7, 11) is -3.27. The second kappa shape index (κ2) is 6.90. The smallest absolute Gasteiger partial charge is 0.214 e. The number of rotatable bonds is 7. The lowest BCUT2D eigenvalue weighted by molar-refractivity contribution is 0.205. The lowest BCUT2D eigenvalue weighted by atomic mass is 9.98. The molecule has 1 aromatic rings. The first-order chi connectivity index (χ1) is 10.0. The SMILES string of the molecule is CCN(C1(CN)CCCC1)S(=O)(=O)CCc1ccccc1. The van der Waals surface area contributed by atoms with Crippen LogP contribution < -0.4 is 5.73 Å². The summed E-state index contributed by atoms with van der Waals surface area (Å²) in [5.74, 6) is 0.159. The Hall–Kier alpha value is -0.910. The van der Waals surface area contributed by atoms with E-state index in [1.807, 2.05) is 37.3 Å². The maximum atomic E-state index is 12.8. The summed E-state index contributed by atoms with van der Waals surface area (Å²) in [5.41, 5.74) is 6.66. The zero-order chi connectivity index (χ0) is 15.3. The van der Waals surface area contributed by atoms with Crippen molar-refractivity contribution < 1.29 is 8.42 Å². The predicted molar refractivity (Wildman–Crippen MR) is 86.6 cm³/mol. The van der Waals surface area contributed by atoms with Crippen molar-refractivity contribution in [2.45, 2.75) is 44.6 Å². The van der Waals surface area contributed by atoms with Crippen molar-refractivity contribution in [3.63, 3.8) is 0 Å². The molecule has 0 spiro atoms. The van der Waals surface area contributed by atoms with Crippen LogP contribution in [0.2, 0.25) is 0 Å². The van der Waals surface area contributed by atoms with Crippen LogP contribution in [-0.2, 0) is 16.4 Å². The fourth-order valence-corrected chi connectivity index (χ4v) is 5.37. The van der Waals surface area contributed by atoms with Crippen LogP contribution in [-0.4, -0.2) is 37.1 Å². The van der Waals surface area contributed by atoms with Crippen molar-refractivity contribution in [2.75, 3.05) is 18.8 Å². The zero-order valence-corrected chi connectivity index (χ0v) is 13.6. The van der Waals surface area contributed by atoms with E-state index >= 15 is 0 Å². The van der Waals surface area contributed by atoms with Gasteiger partial charge in [-0.3, -0.25) is 0 Å². The van der Waals surface area contributed by atoms with E-state index in [1.54, 1.807) is 4.31 Å². The molecule has 0 bridgehead atoms. The fraction of sp³-hybridized carbons (Fsp3) is 0.625. The molecule has 0 radical (unpaired) electrons. The maximum Gasteiger partial charge on any atom is 0.214 e. The summed E-state index contributed by atoms with van der Waals surface area (Å²) in [6.07, 6.45) is 4.48. The Bertz CT molecular complexity index is 537. The molecule has 1 fully saturated rings. The van der Waals surface area contributed by atoms with Gasteiger partial charge in [-0.15, -0.1) is 0 Å².